The van der Waals surface area contributed by atoms with Gasteiger partial charge in [0.05, 0.1) is 17.9 Å². The predicted molar refractivity (Wildman–Crippen MR) is 92.5 cm³/mol. The maximum atomic E-state index is 13.2. The second-order valence-electron chi connectivity index (χ2n) is 7.10. The van der Waals surface area contributed by atoms with Crippen LogP contribution in [-0.4, -0.2) is 46.4 Å². The van der Waals surface area contributed by atoms with Crippen LogP contribution in [0.25, 0.3) is 11.3 Å². The molecule has 1 atom stereocenters. The molecule has 1 fully saturated rings. The molecule has 1 aliphatic heterocycles. The molecule has 3 rings (SSSR count). The summed E-state index contributed by atoms with van der Waals surface area (Å²) in [6.45, 7) is 7.41. The van der Waals surface area contributed by atoms with Crippen molar-refractivity contribution in [1.82, 2.24) is 20.4 Å². The third-order valence-corrected chi connectivity index (χ3v) is 4.03. The molecule has 6 nitrogen and oxygen atoms in total. The van der Waals surface area contributed by atoms with Crippen molar-refractivity contribution < 1.29 is 13.9 Å². The molecule has 7 heteroatoms. The molecule has 0 aliphatic carbocycles. The highest BCUT2D eigenvalue weighted by molar-refractivity contribution is 5.71. The first kappa shape index (κ1) is 17.4. The quantitative estimate of drug-likeness (QED) is 0.877. The lowest BCUT2D eigenvalue weighted by atomic mass is 10.00. The molecule has 1 aromatic carbocycles. The van der Waals surface area contributed by atoms with E-state index in [1.54, 1.807) is 23.2 Å². The van der Waals surface area contributed by atoms with Crippen molar-refractivity contribution in [2.24, 2.45) is 0 Å². The zero-order valence-electron chi connectivity index (χ0n) is 14.7. The Balaban J connectivity index is 1.90. The average molecular weight is 346 g/mol. The summed E-state index contributed by atoms with van der Waals surface area (Å²) in [7, 11) is 0. The van der Waals surface area contributed by atoms with Gasteiger partial charge >= 0.3 is 6.09 Å². The highest BCUT2D eigenvalue weighted by Crippen LogP contribution is 2.31. The van der Waals surface area contributed by atoms with Crippen LogP contribution in [0.15, 0.2) is 30.5 Å². The van der Waals surface area contributed by atoms with E-state index in [4.69, 9.17) is 4.74 Å². The molecule has 2 heterocycles. The second kappa shape index (κ2) is 6.84. The minimum atomic E-state index is -0.553. The van der Waals surface area contributed by atoms with Crippen molar-refractivity contribution in [3.8, 4) is 11.3 Å². The number of aromatic amines is 1. The fourth-order valence-electron chi connectivity index (χ4n) is 2.92. The number of piperazine rings is 1. The van der Waals surface area contributed by atoms with E-state index in [9.17, 15) is 9.18 Å². The largest absolute Gasteiger partial charge is 0.444 e. The Bertz CT molecular complexity index is 736. The Morgan fingerprint density at radius 2 is 2.04 bits per heavy atom. The topological polar surface area (TPSA) is 70.2 Å². The summed E-state index contributed by atoms with van der Waals surface area (Å²) in [6.07, 6.45) is 1.37. The summed E-state index contributed by atoms with van der Waals surface area (Å²) >= 11 is 0. The van der Waals surface area contributed by atoms with E-state index >= 15 is 0 Å². The molecule has 2 aromatic rings. The highest BCUT2D eigenvalue weighted by atomic mass is 19.1. The number of hydrogen-bond donors (Lipinski definition) is 2. The first-order valence-corrected chi connectivity index (χ1v) is 8.35. The lowest BCUT2D eigenvalue weighted by Crippen LogP contribution is -2.50. The van der Waals surface area contributed by atoms with Crippen LogP contribution in [0.1, 0.15) is 32.4 Å². The van der Waals surface area contributed by atoms with Crippen molar-refractivity contribution in [3.05, 3.63) is 41.8 Å². The zero-order chi connectivity index (χ0) is 18.0. The minimum absolute atomic E-state index is 0.206. The zero-order valence-corrected chi connectivity index (χ0v) is 14.7. The van der Waals surface area contributed by atoms with E-state index in [2.05, 4.69) is 15.5 Å². The predicted octanol–water partition coefficient (Wildman–Crippen LogP) is 3.10. The fourth-order valence-corrected chi connectivity index (χ4v) is 2.92. The molecule has 1 amide bonds. The minimum Gasteiger partial charge on any atom is -0.444 e. The number of hydrogen-bond acceptors (Lipinski definition) is 4. The van der Waals surface area contributed by atoms with Crippen molar-refractivity contribution in [2.45, 2.75) is 32.4 Å². The van der Waals surface area contributed by atoms with Crippen LogP contribution in [0.2, 0.25) is 0 Å². The van der Waals surface area contributed by atoms with E-state index < -0.39 is 5.60 Å². The molecule has 1 saturated heterocycles. The van der Waals surface area contributed by atoms with Gasteiger partial charge in [0.15, 0.2) is 0 Å². The van der Waals surface area contributed by atoms with Crippen molar-refractivity contribution in [1.29, 1.82) is 0 Å². The molecular weight excluding hydrogens is 323 g/mol. The van der Waals surface area contributed by atoms with Crippen molar-refractivity contribution >= 4 is 6.09 Å². The van der Waals surface area contributed by atoms with Crippen LogP contribution in [0.3, 0.4) is 0 Å². The average Bonchev–Trinajstić information content (AvgIpc) is 3.03. The Morgan fingerprint density at radius 1 is 1.32 bits per heavy atom. The maximum Gasteiger partial charge on any atom is 0.410 e. The lowest BCUT2D eigenvalue weighted by molar-refractivity contribution is 0.0118. The lowest BCUT2D eigenvalue weighted by Gasteiger charge is -2.37. The second-order valence-corrected chi connectivity index (χ2v) is 7.10. The third-order valence-electron chi connectivity index (χ3n) is 4.03. The van der Waals surface area contributed by atoms with Gasteiger partial charge in [0.2, 0.25) is 0 Å². The molecule has 2 N–H and O–H groups in total. The van der Waals surface area contributed by atoms with E-state index in [1.165, 1.54) is 12.1 Å². The molecule has 0 bridgehead atoms. The Kier molecular flexibility index (Phi) is 4.76. The Hall–Kier alpha value is -2.41. The van der Waals surface area contributed by atoms with Crippen molar-refractivity contribution in [3.63, 3.8) is 0 Å². The smallest absolute Gasteiger partial charge is 0.410 e. The van der Waals surface area contributed by atoms with Gasteiger partial charge < -0.3 is 10.1 Å². The normalized spacial score (nSPS) is 18.2. The third kappa shape index (κ3) is 3.99. The first-order valence-electron chi connectivity index (χ1n) is 8.35. The van der Waals surface area contributed by atoms with E-state index in [-0.39, 0.29) is 18.0 Å². The highest BCUT2D eigenvalue weighted by Gasteiger charge is 2.33. The van der Waals surface area contributed by atoms with Gasteiger partial charge in [0.25, 0.3) is 0 Å². The molecule has 25 heavy (non-hydrogen) atoms. The van der Waals surface area contributed by atoms with Crippen LogP contribution >= 0.6 is 0 Å². The SMILES string of the molecule is CC(C)(C)OC(=O)N1CCNCC1c1cn[nH]c1-c1ccc(F)cc1. The number of amides is 1. The number of carbonyl (C=O) groups excluding carboxylic acids is 1. The van der Waals surface area contributed by atoms with Gasteiger partial charge in [-0.05, 0) is 45.0 Å². The van der Waals surface area contributed by atoms with Crippen LogP contribution < -0.4 is 5.32 Å². The summed E-state index contributed by atoms with van der Waals surface area (Å²) in [5.74, 6) is -0.292. The monoisotopic (exact) mass is 346 g/mol. The fraction of sp³-hybridized carbons (Fsp3) is 0.444. The number of ether oxygens (including phenoxy) is 1. The number of H-pyrrole nitrogens is 1. The summed E-state index contributed by atoms with van der Waals surface area (Å²) in [4.78, 5) is 14.3. The van der Waals surface area contributed by atoms with Crippen molar-refractivity contribution in [2.75, 3.05) is 19.6 Å². The first-order chi connectivity index (χ1) is 11.8. The van der Waals surface area contributed by atoms with E-state index in [1.807, 2.05) is 20.8 Å². The Labute approximate surface area is 146 Å². The van der Waals surface area contributed by atoms with Gasteiger partial charge in [-0.1, -0.05) is 0 Å². The van der Waals surface area contributed by atoms with Crippen LogP contribution in [0, 0.1) is 5.82 Å². The van der Waals surface area contributed by atoms with Gasteiger partial charge in [-0.15, -0.1) is 0 Å². The molecule has 1 unspecified atom stereocenters. The van der Waals surface area contributed by atoms with Crippen LogP contribution in [-0.2, 0) is 4.74 Å². The molecule has 0 saturated carbocycles. The number of aromatic nitrogens is 2. The molecule has 134 valence electrons. The van der Waals surface area contributed by atoms with Gasteiger partial charge in [0.1, 0.15) is 11.4 Å². The van der Waals surface area contributed by atoms with E-state index in [0.717, 1.165) is 16.8 Å². The number of rotatable bonds is 2. The standard InChI is InChI=1S/C18H23FN4O2/c1-18(2,3)25-17(24)23-9-8-20-11-15(23)14-10-21-22-16(14)12-4-6-13(19)7-5-12/h4-7,10,15,20H,8-9,11H2,1-3H3,(H,21,22). The molecule has 0 spiro atoms. The molecule has 1 aromatic heterocycles. The summed E-state index contributed by atoms with van der Waals surface area (Å²) < 4.78 is 18.7. The number of nitrogens with one attached hydrogen (secondary N) is 2. The Morgan fingerprint density at radius 3 is 2.72 bits per heavy atom. The summed E-state index contributed by atoms with van der Waals surface area (Å²) in [5.41, 5.74) is 1.93. The number of benzene rings is 1. The van der Waals surface area contributed by atoms with Crippen LogP contribution in [0.4, 0.5) is 9.18 Å². The molecular formula is C18H23FN4O2. The summed E-state index contributed by atoms with van der Waals surface area (Å²) in [5, 5.41) is 10.4. The number of nitrogens with zero attached hydrogens (tertiary/aromatic N) is 2. The van der Waals surface area contributed by atoms with Gasteiger partial charge in [-0.25, -0.2) is 9.18 Å². The van der Waals surface area contributed by atoms with E-state index in [0.29, 0.717) is 19.6 Å². The number of halogens is 1. The molecule has 0 radical (unpaired) electrons. The number of carbonyl (C=O) groups is 1. The van der Waals surface area contributed by atoms with Gasteiger partial charge in [-0.3, -0.25) is 10.00 Å². The van der Waals surface area contributed by atoms with Gasteiger partial charge in [-0.2, -0.15) is 5.10 Å². The maximum absolute atomic E-state index is 13.2. The van der Waals surface area contributed by atoms with Crippen LogP contribution in [0.5, 0.6) is 0 Å². The summed E-state index contributed by atoms with van der Waals surface area (Å²) in [6, 6.07) is 6.00. The van der Waals surface area contributed by atoms with Gasteiger partial charge in [0, 0.05) is 30.8 Å². The molecule has 1 aliphatic rings.